The third-order valence-electron chi connectivity index (χ3n) is 6.70. The second kappa shape index (κ2) is 21.3. The van der Waals surface area contributed by atoms with Crippen molar-refractivity contribution in [2.75, 3.05) is 66.1 Å². The summed E-state index contributed by atoms with van der Waals surface area (Å²) in [5.41, 5.74) is 0. The smallest absolute Gasteiger partial charge is 0.394 e. The lowest BCUT2D eigenvalue weighted by molar-refractivity contribution is -0.272. The Hall–Kier alpha value is -1.28. The molecule has 49 heavy (non-hydrogen) atoms. The van der Waals surface area contributed by atoms with Crippen LogP contribution in [0, 0.1) is 0 Å². The summed E-state index contributed by atoms with van der Waals surface area (Å²) in [7, 11) is -9.71. The second-order valence-electron chi connectivity index (χ2n) is 10.6. The van der Waals surface area contributed by atoms with Crippen LogP contribution >= 0.6 is 15.6 Å². The molecule has 25 heteroatoms. The molecule has 0 aromatic carbocycles. The van der Waals surface area contributed by atoms with Gasteiger partial charge in [-0.3, -0.25) is 23.2 Å². The highest BCUT2D eigenvalue weighted by atomic mass is 31.2. The average Bonchev–Trinajstić information content (AvgIpc) is 3.00. The van der Waals surface area contributed by atoms with Gasteiger partial charge in [0.1, 0.15) is 48.7 Å². The van der Waals surface area contributed by atoms with E-state index in [1.807, 2.05) is 0 Å². The SMILES string of the molecule is CC(=O)N[C@@H]1[C@@H](OP(=O)(O)OC[C@H]2O[C@H](OCCOCCOCCOCCOP(=O)(O)O)[C@@H](NC(C)=O)[C@@H](O)[C@@H]2O)O[C@H](CO)[C@@H](O)[C@@H]1O. The van der Waals surface area contributed by atoms with Crippen LogP contribution in [0.3, 0.4) is 0 Å². The first kappa shape index (κ1) is 43.9. The van der Waals surface area contributed by atoms with E-state index in [1.165, 1.54) is 0 Å². The first-order chi connectivity index (χ1) is 23.0. The minimum absolute atomic E-state index is 0.0159. The molecule has 0 saturated carbocycles. The van der Waals surface area contributed by atoms with Crippen LogP contribution in [0.15, 0.2) is 0 Å². The molecule has 0 aliphatic carbocycles. The monoisotopic (exact) mass is 760 g/mol. The summed E-state index contributed by atoms with van der Waals surface area (Å²) in [6, 6.07) is -2.85. The van der Waals surface area contributed by atoms with Gasteiger partial charge in [-0.15, -0.1) is 0 Å². The highest BCUT2D eigenvalue weighted by Crippen LogP contribution is 2.47. The zero-order valence-electron chi connectivity index (χ0n) is 26.6. The number of hydrogen-bond acceptors (Lipinski definition) is 18. The van der Waals surface area contributed by atoms with Crippen molar-refractivity contribution < 1.29 is 101 Å². The lowest BCUT2D eigenvalue weighted by atomic mass is 9.97. The fraction of sp³-hybridized carbons (Fsp3) is 0.917. The molecule has 2 heterocycles. The molecule has 0 bridgehead atoms. The third kappa shape index (κ3) is 15.9. The van der Waals surface area contributed by atoms with E-state index in [9.17, 15) is 49.1 Å². The minimum atomic E-state index is -5.16. The summed E-state index contributed by atoms with van der Waals surface area (Å²) in [6.07, 6.45) is -13.2. The number of phosphoric ester groups is 2. The van der Waals surface area contributed by atoms with Gasteiger partial charge in [-0.05, 0) is 0 Å². The third-order valence-corrected chi connectivity index (χ3v) is 8.17. The fourth-order valence-corrected chi connectivity index (χ4v) is 5.62. The maximum absolute atomic E-state index is 12.8. The Morgan fingerprint density at radius 3 is 1.59 bits per heavy atom. The molecule has 10 N–H and O–H groups in total. The van der Waals surface area contributed by atoms with Crippen molar-refractivity contribution in [3.8, 4) is 0 Å². The van der Waals surface area contributed by atoms with E-state index in [2.05, 4.69) is 15.2 Å². The van der Waals surface area contributed by atoms with Crippen molar-refractivity contribution in [1.82, 2.24) is 10.6 Å². The fourth-order valence-electron chi connectivity index (χ4n) is 4.47. The Morgan fingerprint density at radius 1 is 0.653 bits per heavy atom. The Morgan fingerprint density at radius 2 is 1.10 bits per heavy atom. The van der Waals surface area contributed by atoms with Gasteiger partial charge >= 0.3 is 15.6 Å². The van der Waals surface area contributed by atoms with Crippen molar-refractivity contribution in [3.05, 3.63) is 0 Å². The molecule has 2 fully saturated rings. The molecule has 0 aromatic heterocycles. The molecule has 288 valence electrons. The molecule has 23 nitrogen and oxygen atoms in total. The number of aliphatic hydroxyl groups excluding tert-OH is 5. The van der Waals surface area contributed by atoms with E-state index in [4.69, 9.17) is 47.3 Å². The number of aliphatic hydroxyl groups is 5. The number of rotatable bonds is 22. The van der Waals surface area contributed by atoms with Gasteiger partial charge in [0, 0.05) is 13.8 Å². The zero-order chi connectivity index (χ0) is 36.8. The van der Waals surface area contributed by atoms with E-state index in [1.54, 1.807) is 0 Å². The lowest BCUT2D eigenvalue weighted by Crippen LogP contribution is -2.65. The molecule has 2 aliphatic heterocycles. The summed E-state index contributed by atoms with van der Waals surface area (Å²) in [5, 5.41) is 55.8. The maximum Gasteiger partial charge on any atom is 0.474 e. The summed E-state index contributed by atoms with van der Waals surface area (Å²) in [5.74, 6) is -1.32. The van der Waals surface area contributed by atoms with Crippen LogP contribution < -0.4 is 10.6 Å². The first-order valence-electron chi connectivity index (χ1n) is 14.8. The maximum atomic E-state index is 12.8. The van der Waals surface area contributed by atoms with Crippen molar-refractivity contribution >= 4 is 27.5 Å². The van der Waals surface area contributed by atoms with E-state index >= 15 is 0 Å². The number of hydrogen-bond donors (Lipinski definition) is 10. The predicted molar refractivity (Wildman–Crippen MR) is 157 cm³/mol. The van der Waals surface area contributed by atoms with Gasteiger partial charge < -0.3 is 79.3 Å². The molecule has 2 amide bonds. The van der Waals surface area contributed by atoms with E-state index < -0.39 is 102 Å². The van der Waals surface area contributed by atoms with Gasteiger partial charge in [0.05, 0.1) is 66.1 Å². The molecule has 1 unspecified atom stereocenters. The average molecular weight is 761 g/mol. The first-order valence-corrected chi connectivity index (χ1v) is 17.9. The van der Waals surface area contributed by atoms with Crippen LogP contribution in [0.4, 0.5) is 0 Å². The van der Waals surface area contributed by atoms with Gasteiger partial charge in [-0.1, -0.05) is 0 Å². The number of amides is 2. The van der Waals surface area contributed by atoms with Crippen molar-refractivity contribution in [3.63, 3.8) is 0 Å². The van der Waals surface area contributed by atoms with Gasteiger partial charge in [-0.25, -0.2) is 9.13 Å². The summed E-state index contributed by atoms with van der Waals surface area (Å²) in [6.45, 7) is 0.574. The standard InChI is InChI=1S/C24H46N2O21P2/c1-13(28)25-17-21(32)20(31)16(46-23(17)42-9-7-40-5-3-39-4-6-41-8-10-43-48(34,35)36)12-44-49(37,38)47-24-18(26-14(2)29)22(33)19(30)15(11-27)45-24/h15-24,27,30-33H,3-12H2,1-2H3,(H,25,28)(H,26,29)(H,37,38)(H2,34,35,36)/t15-,16-,17+,18+,19-,20-,21-,22-,23+,24-/m1/s1. The van der Waals surface area contributed by atoms with Gasteiger partial charge in [0.15, 0.2) is 12.6 Å². The zero-order valence-corrected chi connectivity index (χ0v) is 28.4. The summed E-state index contributed by atoms with van der Waals surface area (Å²) in [4.78, 5) is 50.8. The van der Waals surface area contributed by atoms with E-state index in [0.717, 1.165) is 13.8 Å². The highest BCUT2D eigenvalue weighted by Gasteiger charge is 2.49. The molecule has 0 radical (unpaired) electrons. The Kier molecular flexibility index (Phi) is 19.1. The number of carbonyl (C=O) groups excluding carboxylic acids is 2. The minimum Gasteiger partial charge on any atom is -0.394 e. The normalized spacial score (nSPS) is 32.0. The predicted octanol–water partition coefficient (Wildman–Crippen LogP) is -4.81. The van der Waals surface area contributed by atoms with Crippen LogP contribution in [0.1, 0.15) is 13.8 Å². The number of carbonyl (C=O) groups is 2. The quantitative estimate of drug-likeness (QED) is 0.0365. The molecule has 2 saturated heterocycles. The topological polar surface area (TPSA) is 337 Å². The largest absolute Gasteiger partial charge is 0.474 e. The molecule has 2 rings (SSSR count). The van der Waals surface area contributed by atoms with Crippen LogP contribution in [-0.2, 0) is 60.7 Å². The van der Waals surface area contributed by atoms with Crippen molar-refractivity contribution in [2.24, 2.45) is 0 Å². The molecular formula is C24H46N2O21P2. The van der Waals surface area contributed by atoms with Gasteiger partial charge in [0.25, 0.3) is 0 Å². The van der Waals surface area contributed by atoms with Crippen LogP contribution in [0.25, 0.3) is 0 Å². The molecule has 0 spiro atoms. The van der Waals surface area contributed by atoms with Crippen molar-refractivity contribution in [1.29, 1.82) is 0 Å². The highest BCUT2D eigenvalue weighted by molar-refractivity contribution is 7.47. The van der Waals surface area contributed by atoms with E-state index in [-0.39, 0.29) is 52.9 Å². The number of nitrogens with one attached hydrogen (secondary N) is 2. The van der Waals surface area contributed by atoms with Gasteiger partial charge in [0.2, 0.25) is 11.8 Å². The summed E-state index contributed by atoms with van der Waals surface area (Å²) < 4.78 is 69.7. The summed E-state index contributed by atoms with van der Waals surface area (Å²) >= 11 is 0. The molecule has 2 aliphatic rings. The molecular weight excluding hydrogens is 714 g/mol. The Bertz CT molecular complexity index is 1100. The number of phosphoric acid groups is 2. The van der Waals surface area contributed by atoms with E-state index in [0.29, 0.717) is 0 Å². The lowest BCUT2D eigenvalue weighted by Gasteiger charge is -2.43. The Balaban J connectivity index is 1.85. The Labute approximate surface area is 280 Å². The number of ether oxygens (including phenoxy) is 6. The van der Waals surface area contributed by atoms with Crippen LogP contribution in [0.5, 0.6) is 0 Å². The van der Waals surface area contributed by atoms with Crippen LogP contribution in [0.2, 0.25) is 0 Å². The van der Waals surface area contributed by atoms with Crippen LogP contribution in [-0.4, -0.2) is 179 Å². The molecule has 11 atom stereocenters. The van der Waals surface area contributed by atoms with Crippen molar-refractivity contribution in [2.45, 2.75) is 75.1 Å². The van der Waals surface area contributed by atoms with Gasteiger partial charge in [-0.2, -0.15) is 0 Å². The molecule has 0 aromatic rings. The second-order valence-corrected chi connectivity index (χ2v) is 13.2.